The summed E-state index contributed by atoms with van der Waals surface area (Å²) in [6, 6.07) is 15.4. The van der Waals surface area contributed by atoms with E-state index in [4.69, 9.17) is 4.74 Å². The molecule has 1 atom stereocenters. The number of benzene rings is 2. The molecule has 1 unspecified atom stereocenters. The molecule has 4 rings (SSSR count). The molecule has 0 radical (unpaired) electrons. The van der Waals surface area contributed by atoms with Gasteiger partial charge in [-0.15, -0.1) is 0 Å². The molecule has 1 fully saturated rings. The van der Waals surface area contributed by atoms with Crippen LogP contribution >= 0.6 is 11.8 Å². The number of fused-ring (bicyclic) bond motifs is 3. The molecule has 1 saturated heterocycles. The summed E-state index contributed by atoms with van der Waals surface area (Å²) in [5.41, 5.74) is 3.86. The van der Waals surface area contributed by atoms with Gasteiger partial charge in [0.05, 0.1) is 5.54 Å². The number of nitrogens with one attached hydrogen (secondary N) is 2. The number of hydrogen-bond acceptors (Lipinski definition) is 5. The summed E-state index contributed by atoms with van der Waals surface area (Å²) in [5.74, 6) is 0.147. The predicted molar refractivity (Wildman–Crippen MR) is 132 cm³/mol. The SMILES string of the molecule is CCC(NC(=O)CC1(NC(=O)OCC2c3ccccc3-c3ccccc32)CCSCC1)C(=O)O. The van der Waals surface area contributed by atoms with E-state index in [2.05, 4.69) is 34.9 Å². The topological polar surface area (TPSA) is 105 Å². The number of aliphatic carboxylic acids is 1. The van der Waals surface area contributed by atoms with Gasteiger partial charge < -0.3 is 20.5 Å². The summed E-state index contributed by atoms with van der Waals surface area (Å²) in [6.07, 6.45) is 1.02. The van der Waals surface area contributed by atoms with Crippen LogP contribution in [0.1, 0.15) is 49.7 Å². The van der Waals surface area contributed by atoms with Crippen LogP contribution in [0.5, 0.6) is 0 Å². The van der Waals surface area contributed by atoms with E-state index in [0.717, 1.165) is 33.8 Å². The number of carboxylic acids is 1. The van der Waals surface area contributed by atoms with E-state index in [9.17, 15) is 19.5 Å². The highest BCUT2D eigenvalue weighted by Gasteiger charge is 2.38. The number of carbonyl (C=O) groups is 3. The molecule has 1 aliphatic heterocycles. The van der Waals surface area contributed by atoms with Crippen molar-refractivity contribution in [3.63, 3.8) is 0 Å². The Labute approximate surface area is 203 Å². The second kappa shape index (κ2) is 10.5. The second-order valence-corrected chi connectivity index (χ2v) is 10.1. The molecular formula is C26H30N2O5S. The maximum absolute atomic E-state index is 12.9. The van der Waals surface area contributed by atoms with E-state index in [0.29, 0.717) is 19.3 Å². The average molecular weight is 483 g/mol. The van der Waals surface area contributed by atoms with Crippen LogP contribution in [0.15, 0.2) is 48.5 Å². The third-order valence-corrected chi connectivity index (χ3v) is 7.69. The first-order valence-electron chi connectivity index (χ1n) is 11.7. The molecule has 2 amide bonds. The van der Waals surface area contributed by atoms with Gasteiger partial charge in [0.2, 0.25) is 5.91 Å². The molecule has 0 saturated carbocycles. The highest BCUT2D eigenvalue weighted by molar-refractivity contribution is 7.99. The van der Waals surface area contributed by atoms with Crippen molar-refractivity contribution in [2.75, 3.05) is 18.1 Å². The van der Waals surface area contributed by atoms with E-state index in [1.807, 2.05) is 24.3 Å². The van der Waals surface area contributed by atoms with E-state index in [1.165, 1.54) is 0 Å². The third kappa shape index (κ3) is 5.22. The number of carbonyl (C=O) groups excluding carboxylic acids is 2. The minimum Gasteiger partial charge on any atom is -0.480 e. The van der Waals surface area contributed by atoms with Crippen LogP contribution in [0.4, 0.5) is 4.79 Å². The second-order valence-electron chi connectivity index (χ2n) is 8.89. The minimum absolute atomic E-state index is 0.0293. The molecule has 7 nitrogen and oxygen atoms in total. The van der Waals surface area contributed by atoms with Crippen molar-refractivity contribution in [3.05, 3.63) is 59.7 Å². The van der Waals surface area contributed by atoms with Crippen LogP contribution < -0.4 is 10.6 Å². The highest BCUT2D eigenvalue weighted by atomic mass is 32.2. The fraction of sp³-hybridized carbons (Fsp3) is 0.423. The van der Waals surface area contributed by atoms with Gasteiger partial charge in [0.15, 0.2) is 0 Å². The first-order chi connectivity index (χ1) is 16.4. The number of amides is 2. The van der Waals surface area contributed by atoms with Crippen molar-refractivity contribution in [3.8, 4) is 11.1 Å². The molecule has 3 N–H and O–H groups in total. The normalized spacial score (nSPS) is 17.2. The number of carboxylic acid groups (broad SMARTS) is 1. The van der Waals surface area contributed by atoms with Crippen molar-refractivity contribution < 1.29 is 24.2 Å². The van der Waals surface area contributed by atoms with Gasteiger partial charge in [-0.3, -0.25) is 4.79 Å². The lowest BCUT2D eigenvalue weighted by atomic mass is 9.88. The molecular weight excluding hydrogens is 452 g/mol. The maximum Gasteiger partial charge on any atom is 0.407 e. The Balaban J connectivity index is 1.42. The number of hydrogen-bond donors (Lipinski definition) is 3. The summed E-state index contributed by atoms with van der Waals surface area (Å²) < 4.78 is 5.71. The summed E-state index contributed by atoms with van der Waals surface area (Å²) >= 11 is 1.78. The Morgan fingerprint density at radius 3 is 2.21 bits per heavy atom. The van der Waals surface area contributed by atoms with Crippen LogP contribution in [-0.2, 0) is 14.3 Å². The molecule has 1 aliphatic carbocycles. The quantitative estimate of drug-likeness (QED) is 0.522. The summed E-state index contributed by atoms with van der Waals surface area (Å²) in [4.78, 5) is 36.8. The molecule has 0 bridgehead atoms. The Morgan fingerprint density at radius 1 is 1.06 bits per heavy atom. The summed E-state index contributed by atoms with van der Waals surface area (Å²) in [7, 11) is 0. The molecule has 1 heterocycles. The largest absolute Gasteiger partial charge is 0.480 e. The molecule has 0 spiro atoms. The van der Waals surface area contributed by atoms with E-state index < -0.39 is 23.6 Å². The highest BCUT2D eigenvalue weighted by Crippen LogP contribution is 2.44. The molecule has 8 heteroatoms. The summed E-state index contributed by atoms with van der Waals surface area (Å²) in [5, 5.41) is 14.8. The van der Waals surface area contributed by atoms with Crippen molar-refractivity contribution in [1.29, 1.82) is 0 Å². The predicted octanol–water partition coefficient (Wildman–Crippen LogP) is 4.16. The Hall–Kier alpha value is -3.00. The molecule has 2 aromatic rings. The van der Waals surface area contributed by atoms with Gasteiger partial charge in [-0.05, 0) is 53.0 Å². The molecule has 0 aromatic heterocycles. The van der Waals surface area contributed by atoms with Crippen LogP contribution in [0.25, 0.3) is 11.1 Å². The monoisotopic (exact) mass is 482 g/mol. The lowest BCUT2D eigenvalue weighted by Gasteiger charge is -2.37. The third-order valence-electron chi connectivity index (χ3n) is 6.70. The van der Waals surface area contributed by atoms with Gasteiger partial charge in [0.1, 0.15) is 12.6 Å². The van der Waals surface area contributed by atoms with Crippen molar-refractivity contribution in [1.82, 2.24) is 10.6 Å². The lowest BCUT2D eigenvalue weighted by Crippen LogP contribution is -2.54. The first kappa shape index (κ1) is 24.1. The Kier molecular flexibility index (Phi) is 7.46. The van der Waals surface area contributed by atoms with Gasteiger partial charge in [-0.25, -0.2) is 9.59 Å². The summed E-state index contributed by atoms with van der Waals surface area (Å²) in [6.45, 7) is 1.91. The lowest BCUT2D eigenvalue weighted by molar-refractivity contribution is -0.142. The number of thioether (sulfide) groups is 1. The van der Waals surface area contributed by atoms with Gasteiger partial charge in [-0.1, -0.05) is 55.5 Å². The Morgan fingerprint density at radius 2 is 1.65 bits per heavy atom. The van der Waals surface area contributed by atoms with Gasteiger partial charge >= 0.3 is 12.1 Å². The molecule has 2 aliphatic rings. The van der Waals surface area contributed by atoms with Crippen molar-refractivity contribution >= 4 is 29.7 Å². The number of ether oxygens (including phenoxy) is 1. The van der Waals surface area contributed by atoms with Gasteiger partial charge in [0.25, 0.3) is 0 Å². The molecule has 180 valence electrons. The van der Waals surface area contributed by atoms with E-state index in [-0.39, 0.29) is 24.9 Å². The average Bonchev–Trinajstić information content (AvgIpc) is 3.15. The molecule has 34 heavy (non-hydrogen) atoms. The zero-order chi connectivity index (χ0) is 24.1. The van der Waals surface area contributed by atoms with Gasteiger partial charge in [-0.2, -0.15) is 11.8 Å². The van der Waals surface area contributed by atoms with Crippen LogP contribution in [0.3, 0.4) is 0 Å². The zero-order valence-electron chi connectivity index (χ0n) is 19.2. The van der Waals surface area contributed by atoms with Crippen molar-refractivity contribution in [2.45, 2.75) is 50.1 Å². The molecule has 2 aromatic carbocycles. The fourth-order valence-electron chi connectivity index (χ4n) is 4.85. The van der Waals surface area contributed by atoms with Crippen LogP contribution in [0.2, 0.25) is 0 Å². The van der Waals surface area contributed by atoms with Crippen molar-refractivity contribution in [2.24, 2.45) is 0 Å². The smallest absolute Gasteiger partial charge is 0.407 e. The maximum atomic E-state index is 12.9. The van der Waals surface area contributed by atoms with Gasteiger partial charge in [0, 0.05) is 12.3 Å². The number of rotatable bonds is 8. The minimum atomic E-state index is -1.06. The van der Waals surface area contributed by atoms with Crippen LogP contribution in [0, 0.1) is 0 Å². The zero-order valence-corrected chi connectivity index (χ0v) is 20.0. The first-order valence-corrected chi connectivity index (χ1v) is 12.8. The van der Waals surface area contributed by atoms with Crippen LogP contribution in [-0.4, -0.2) is 52.8 Å². The standard InChI is InChI=1S/C26H30N2O5S/c1-2-22(24(30)31)27-23(29)15-26(11-13-34-14-12-26)28-25(32)33-16-21-19-9-5-3-7-17(19)18-8-4-6-10-20(18)21/h3-10,21-22H,2,11-16H2,1H3,(H,27,29)(H,28,32)(H,30,31). The van der Waals surface area contributed by atoms with E-state index in [1.54, 1.807) is 18.7 Å². The van der Waals surface area contributed by atoms with E-state index >= 15 is 0 Å². The Bertz CT molecular complexity index is 1020. The fourth-order valence-corrected chi connectivity index (χ4v) is 6.12. The number of alkyl carbamates (subject to hydrolysis) is 1.